The Morgan fingerprint density at radius 2 is 1.80 bits per heavy atom. The Bertz CT molecular complexity index is 961. The van der Waals surface area contributed by atoms with Crippen LogP contribution in [-0.2, 0) is 10.2 Å². The highest BCUT2D eigenvalue weighted by Gasteiger charge is 2.51. The van der Waals surface area contributed by atoms with Crippen LogP contribution in [0.3, 0.4) is 0 Å². The lowest BCUT2D eigenvalue weighted by Crippen LogP contribution is -2.27. The number of thiophene rings is 1. The fourth-order valence-corrected chi connectivity index (χ4v) is 4.05. The van der Waals surface area contributed by atoms with Gasteiger partial charge in [0.2, 0.25) is 5.91 Å². The van der Waals surface area contributed by atoms with E-state index in [9.17, 15) is 9.59 Å². The number of hydroxylamine groups is 1. The second kappa shape index (κ2) is 5.98. The average Bonchev–Trinajstić information content (AvgIpc) is 3.35. The molecule has 6 heteroatoms. The SMILES string of the molecule is O=C(NO)c1cc2ccc(NC(=O)C3(c4ccccc4)CC3)cc2s1. The molecule has 2 aromatic carbocycles. The molecule has 0 aliphatic heterocycles. The van der Waals surface area contributed by atoms with E-state index in [1.54, 1.807) is 11.5 Å². The molecule has 2 amide bonds. The summed E-state index contributed by atoms with van der Waals surface area (Å²) in [6, 6.07) is 17.1. The van der Waals surface area contributed by atoms with Crippen molar-refractivity contribution in [3.63, 3.8) is 0 Å². The molecule has 5 nitrogen and oxygen atoms in total. The van der Waals surface area contributed by atoms with E-state index in [1.165, 1.54) is 11.3 Å². The van der Waals surface area contributed by atoms with Gasteiger partial charge in [0, 0.05) is 10.4 Å². The second-order valence-electron chi connectivity index (χ2n) is 6.21. The van der Waals surface area contributed by atoms with Crippen molar-refractivity contribution in [2.24, 2.45) is 0 Å². The Morgan fingerprint density at radius 3 is 2.48 bits per heavy atom. The van der Waals surface area contributed by atoms with E-state index in [0.29, 0.717) is 10.6 Å². The van der Waals surface area contributed by atoms with Crippen molar-refractivity contribution in [2.75, 3.05) is 5.32 Å². The molecule has 1 saturated carbocycles. The summed E-state index contributed by atoms with van der Waals surface area (Å²) >= 11 is 1.27. The van der Waals surface area contributed by atoms with Crippen molar-refractivity contribution in [1.29, 1.82) is 0 Å². The maximum Gasteiger partial charge on any atom is 0.284 e. The van der Waals surface area contributed by atoms with Gasteiger partial charge in [0.05, 0.1) is 10.3 Å². The smallest absolute Gasteiger partial charge is 0.284 e. The summed E-state index contributed by atoms with van der Waals surface area (Å²) in [5, 5.41) is 12.6. The van der Waals surface area contributed by atoms with Crippen molar-refractivity contribution in [1.82, 2.24) is 5.48 Å². The van der Waals surface area contributed by atoms with Crippen molar-refractivity contribution in [3.05, 3.63) is 65.0 Å². The summed E-state index contributed by atoms with van der Waals surface area (Å²) in [6.07, 6.45) is 1.70. The first kappa shape index (κ1) is 15.8. The number of hydrogen-bond acceptors (Lipinski definition) is 4. The van der Waals surface area contributed by atoms with Crippen LogP contribution in [0.1, 0.15) is 28.1 Å². The van der Waals surface area contributed by atoms with E-state index in [4.69, 9.17) is 5.21 Å². The molecule has 3 aromatic rings. The third-order valence-corrected chi connectivity index (χ3v) is 5.71. The molecule has 0 radical (unpaired) electrons. The Morgan fingerprint density at radius 1 is 1.04 bits per heavy atom. The number of amides is 2. The molecule has 0 atom stereocenters. The lowest BCUT2D eigenvalue weighted by Gasteiger charge is -2.15. The molecule has 4 rings (SSSR count). The number of benzene rings is 2. The molecule has 25 heavy (non-hydrogen) atoms. The summed E-state index contributed by atoms with van der Waals surface area (Å²) in [5.74, 6) is -0.532. The largest absolute Gasteiger partial charge is 0.325 e. The van der Waals surface area contributed by atoms with Gasteiger partial charge in [0.1, 0.15) is 0 Å². The fraction of sp³-hybridized carbons (Fsp3) is 0.158. The van der Waals surface area contributed by atoms with Crippen LogP contribution in [0.4, 0.5) is 5.69 Å². The molecule has 0 unspecified atom stereocenters. The number of rotatable bonds is 4. The van der Waals surface area contributed by atoms with Gasteiger partial charge in [0.25, 0.3) is 5.91 Å². The van der Waals surface area contributed by atoms with Gasteiger partial charge in [-0.05, 0) is 42.0 Å². The van der Waals surface area contributed by atoms with Crippen LogP contribution in [0.25, 0.3) is 10.1 Å². The van der Waals surface area contributed by atoms with E-state index in [2.05, 4.69) is 5.32 Å². The minimum atomic E-state index is -0.534. The van der Waals surface area contributed by atoms with Gasteiger partial charge in [-0.25, -0.2) is 5.48 Å². The summed E-state index contributed by atoms with van der Waals surface area (Å²) in [5.41, 5.74) is 2.97. The Kier molecular flexibility index (Phi) is 3.78. The van der Waals surface area contributed by atoms with Gasteiger partial charge in [-0.15, -0.1) is 11.3 Å². The number of carbonyl (C=O) groups is 2. The van der Waals surface area contributed by atoms with Gasteiger partial charge in [-0.1, -0.05) is 36.4 Å². The minimum Gasteiger partial charge on any atom is -0.325 e. The van der Waals surface area contributed by atoms with Crippen LogP contribution >= 0.6 is 11.3 Å². The van der Waals surface area contributed by atoms with Crippen molar-refractivity contribution in [2.45, 2.75) is 18.3 Å². The zero-order chi connectivity index (χ0) is 17.4. The van der Waals surface area contributed by atoms with Gasteiger partial charge >= 0.3 is 0 Å². The third kappa shape index (κ3) is 2.79. The summed E-state index contributed by atoms with van der Waals surface area (Å²) in [6.45, 7) is 0. The molecule has 3 N–H and O–H groups in total. The first-order valence-electron chi connectivity index (χ1n) is 7.97. The summed E-state index contributed by atoms with van der Waals surface area (Å²) < 4.78 is 0.876. The van der Waals surface area contributed by atoms with Crippen molar-refractivity contribution in [3.8, 4) is 0 Å². The lowest BCUT2D eigenvalue weighted by molar-refractivity contribution is -0.118. The highest BCUT2D eigenvalue weighted by Crippen LogP contribution is 2.49. The van der Waals surface area contributed by atoms with E-state index in [-0.39, 0.29) is 5.91 Å². The van der Waals surface area contributed by atoms with Crippen LogP contribution in [-0.4, -0.2) is 17.0 Å². The highest BCUT2D eigenvalue weighted by molar-refractivity contribution is 7.20. The summed E-state index contributed by atoms with van der Waals surface area (Å²) in [4.78, 5) is 24.7. The van der Waals surface area contributed by atoms with E-state index >= 15 is 0 Å². The maximum atomic E-state index is 12.8. The van der Waals surface area contributed by atoms with E-state index < -0.39 is 11.3 Å². The Balaban J connectivity index is 1.58. The number of fused-ring (bicyclic) bond motifs is 1. The molecule has 1 fully saturated rings. The molecule has 126 valence electrons. The molecule has 1 heterocycles. The zero-order valence-electron chi connectivity index (χ0n) is 13.3. The topological polar surface area (TPSA) is 78.4 Å². The minimum absolute atomic E-state index is 0.00271. The quantitative estimate of drug-likeness (QED) is 0.495. The van der Waals surface area contributed by atoms with Gasteiger partial charge in [-0.2, -0.15) is 0 Å². The Labute approximate surface area is 148 Å². The predicted octanol–water partition coefficient (Wildman–Crippen LogP) is 3.69. The van der Waals surface area contributed by atoms with Gasteiger partial charge < -0.3 is 5.32 Å². The molecule has 1 aliphatic carbocycles. The number of hydrogen-bond donors (Lipinski definition) is 3. The van der Waals surface area contributed by atoms with Crippen molar-refractivity contribution >= 4 is 38.9 Å². The molecule has 0 bridgehead atoms. The number of carbonyl (C=O) groups excluding carboxylic acids is 2. The van der Waals surface area contributed by atoms with E-state index in [0.717, 1.165) is 28.5 Å². The molecule has 1 aliphatic rings. The maximum absolute atomic E-state index is 12.8. The fourth-order valence-electron chi connectivity index (χ4n) is 3.06. The second-order valence-corrected chi connectivity index (χ2v) is 7.29. The first-order valence-corrected chi connectivity index (χ1v) is 8.79. The molecular formula is C19H16N2O3S. The number of nitrogens with one attached hydrogen (secondary N) is 2. The van der Waals surface area contributed by atoms with Crippen LogP contribution in [0.5, 0.6) is 0 Å². The Hall–Kier alpha value is -2.70. The van der Waals surface area contributed by atoms with Crippen LogP contribution in [0.15, 0.2) is 54.6 Å². The van der Waals surface area contributed by atoms with Crippen molar-refractivity contribution < 1.29 is 14.8 Å². The zero-order valence-corrected chi connectivity index (χ0v) is 14.1. The molecule has 0 spiro atoms. The van der Waals surface area contributed by atoms with Gasteiger partial charge in [0.15, 0.2) is 0 Å². The van der Waals surface area contributed by atoms with E-state index in [1.807, 2.05) is 48.5 Å². The molecular weight excluding hydrogens is 336 g/mol. The molecule has 0 saturated heterocycles. The predicted molar refractivity (Wildman–Crippen MR) is 97.1 cm³/mol. The number of anilines is 1. The standard InChI is InChI=1S/C19H16N2O3S/c22-17(21-24)16-10-12-6-7-14(11-15(12)25-16)20-18(23)19(8-9-19)13-4-2-1-3-5-13/h1-7,10-11,24H,8-9H2,(H,20,23)(H,21,22). The van der Waals surface area contributed by atoms with Crippen LogP contribution in [0.2, 0.25) is 0 Å². The van der Waals surface area contributed by atoms with Crippen LogP contribution in [0, 0.1) is 0 Å². The first-order chi connectivity index (χ1) is 12.1. The molecule has 1 aromatic heterocycles. The van der Waals surface area contributed by atoms with Crippen LogP contribution < -0.4 is 10.8 Å². The summed E-state index contributed by atoms with van der Waals surface area (Å²) in [7, 11) is 0. The average molecular weight is 352 g/mol. The highest BCUT2D eigenvalue weighted by atomic mass is 32.1. The normalized spacial score (nSPS) is 14.9. The van der Waals surface area contributed by atoms with Gasteiger partial charge in [-0.3, -0.25) is 14.8 Å². The monoisotopic (exact) mass is 352 g/mol. The lowest BCUT2D eigenvalue weighted by atomic mass is 9.95. The third-order valence-electron chi connectivity index (χ3n) is 4.61.